The number of hydrogen-bond donors (Lipinski definition) is 1. The van der Waals surface area contributed by atoms with Crippen LogP contribution in [0, 0.1) is 10.1 Å². The van der Waals surface area contributed by atoms with Gasteiger partial charge in [0.05, 0.1) is 9.40 Å². The molecule has 0 aliphatic rings. The molecule has 0 aliphatic heterocycles. The molecular formula is C12H8BrN3O4. The van der Waals surface area contributed by atoms with Gasteiger partial charge in [-0.3, -0.25) is 19.9 Å². The number of carbonyl (C=O) groups is 1. The smallest absolute Gasteiger partial charge is 0.312 e. The van der Waals surface area contributed by atoms with Crippen molar-refractivity contribution >= 4 is 27.5 Å². The summed E-state index contributed by atoms with van der Waals surface area (Å²) in [5.74, 6) is -0.369. The van der Waals surface area contributed by atoms with Crippen LogP contribution in [0.15, 0.2) is 41.1 Å². The van der Waals surface area contributed by atoms with Crippen LogP contribution in [0.25, 0.3) is 0 Å². The minimum atomic E-state index is -0.746. The lowest BCUT2D eigenvalue weighted by atomic mass is 10.2. The van der Waals surface area contributed by atoms with E-state index in [2.05, 4.69) is 20.9 Å². The number of halogens is 1. The Kier molecular flexibility index (Phi) is 3.94. The van der Waals surface area contributed by atoms with Crippen LogP contribution in [0.5, 0.6) is 11.5 Å². The number of nitro groups is 1. The fourth-order valence-corrected chi connectivity index (χ4v) is 1.79. The van der Waals surface area contributed by atoms with E-state index in [1.165, 1.54) is 24.5 Å². The summed E-state index contributed by atoms with van der Waals surface area (Å²) >= 11 is 3.22. The molecule has 20 heavy (non-hydrogen) atoms. The topological polar surface area (TPSA) is 108 Å². The van der Waals surface area contributed by atoms with Crippen molar-refractivity contribution < 1.29 is 14.5 Å². The minimum absolute atomic E-state index is 0.00639. The number of pyridine rings is 1. The molecule has 2 N–H and O–H groups in total. The van der Waals surface area contributed by atoms with Crippen LogP contribution in [0.2, 0.25) is 0 Å². The Balaban J connectivity index is 2.44. The maximum atomic E-state index is 11.0. The molecular weight excluding hydrogens is 330 g/mol. The fourth-order valence-electron chi connectivity index (χ4n) is 1.46. The summed E-state index contributed by atoms with van der Waals surface area (Å²) in [6.45, 7) is 0. The number of nitrogens with two attached hydrogens (primary N) is 1. The van der Waals surface area contributed by atoms with Crippen molar-refractivity contribution in [2.45, 2.75) is 0 Å². The van der Waals surface area contributed by atoms with Crippen LogP contribution < -0.4 is 10.5 Å². The van der Waals surface area contributed by atoms with E-state index in [0.29, 0.717) is 10.2 Å². The van der Waals surface area contributed by atoms with Gasteiger partial charge in [0.25, 0.3) is 0 Å². The number of nitrogens with zero attached hydrogens (tertiary/aromatic N) is 2. The molecule has 0 bridgehead atoms. The van der Waals surface area contributed by atoms with E-state index >= 15 is 0 Å². The lowest BCUT2D eigenvalue weighted by Gasteiger charge is -2.08. The highest BCUT2D eigenvalue weighted by molar-refractivity contribution is 9.10. The zero-order chi connectivity index (χ0) is 14.7. The zero-order valence-electron chi connectivity index (χ0n) is 9.95. The van der Waals surface area contributed by atoms with Gasteiger partial charge in [0.15, 0.2) is 0 Å². The largest absolute Gasteiger partial charge is 0.449 e. The van der Waals surface area contributed by atoms with Crippen LogP contribution >= 0.6 is 15.9 Å². The molecule has 0 fully saturated rings. The molecule has 2 aromatic rings. The van der Waals surface area contributed by atoms with Crippen LogP contribution in [0.1, 0.15) is 10.4 Å². The van der Waals surface area contributed by atoms with Gasteiger partial charge in [-0.2, -0.15) is 0 Å². The summed E-state index contributed by atoms with van der Waals surface area (Å²) in [6, 6.07) is 5.31. The van der Waals surface area contributed by atoms with Crippen molar-refractivity contribution in [3.8, 4) is 11.5 Å². The SMILES string of the molecule is NC(=O)c1ccc(Oc2ccncc2Br)c([N+](=O)[O-])c1. The Bertz CT molecular complexity index is 690. The molecule has 0 saturated carbocycles. The molecule has 1 heterocycles. The van der Waals surface area contributed by atoms with E-state index in [4.69, 9.17) is 10.5 Å². The second-order valence-electron chi connectivity index (χ2n) is 3.71. The number of amides is 1. The summed E-state index contributed by atoms with van der Waals surface area (Å²) in [5.41, 5.74) is 4.79. The zero-order valence-corrected chi connectivity index (χ0v) is 11.5. The number of rotatable bonds is 4. The van der Waals surface area contributed by atoms with E-state index in [1.807, 2.05) is 0 Å². The lowest BCUT2D eigenvalue weighted by Crippen LogP contribution is -2.11. The van der Waals surface area contributed by atoms with Crippen molar-refractivity contribution in [1.82, 2.24) is 4.98 Å². The minimum Gasteiger partial charge on any atom is -0.449 e. The van der Waals surface area contributed by atoms with Crippen molar-refractivity contribution in [1.29, 1.82) is 0 Å². The molecule has 2 rings (SSSR count). The highest BCUT2D eigenvalue weighted by Crippen LogP contribution is 2.34. The Morgan fingerprint density at radius 2 is 2.10 bits per heavy atom. The molecule has 0 atom stereocenters. The summed E-state index contributed by atoms with van der Waals surface area (Å²) < 4.78 is 6.00. The molecule has 0 unspecified atom stereocenters. The van der Waals surface area contributed by atoms with Gasteiger partial charge in [-0.05, 0) is 28.1 Å². The first-order chi connectivity index (χ1) is 9.49. The van der Waals surface area contributed by atoms with Crippen LogP contribution in [0.4, 0.5) is 5.69 Å². The second-order valence-corrected chi connectivity index (χ2v) is 4.57. The van der Waals surface area contributed by atoms with E-state index in [9.17, 15) is 14.9 Å². The summed E-state index contributed by atoms with van der Waals surface area (Å²) in [6.07, 6.45) is 2.99. The first kappa shape index (κ1) is 13.9. The maximum Gasteiger partial charge on any atom is 0.312 e. The quantitative estimate of drug-likeness (QED) is 0.681. The number of primary amides is 1. The van der Waals surface area contributed by atoms with E-state index in [1.54, 1.807) is 6.07 Å². The van der Waals surface area contributed by atoms with Gasteiger partial charge in [-0.15, -0.1) is 0 Å². The molecule has 1 amide bonds. The van der Waals surface area contributed by atoms with Gasteiger partial charge in [0.1, 0.15) is 5.75 Å². The predicted molar refractivity (Wildman–Crippen MR) is 73.6 cm³/mol. The summed E-state index contributed by atoms with van der Waals surface area (Å²) in [4.78, 5) is 25.3. The third-order valence-electron chi connectivity index (χ3n) is 2.40. The van der Waals surface area contributed by atoms with Crippen molar-refractivity contribution in [2.24, 2.45) is 5.73 Å². The first-order valence-corrected chi connectivity index (χ1v) is 6.14. The third kappa shape index (κ3) is 2.91. The van der Waals surface area contributed by atoms with Gasteiger partial charge in [0, 0.05) is 30.1 Å². The standard InChI is InChI=1S/C12H8BrN3O4/c13-8-6-15-4-3-10(8)20-11-2-1-7(12(14)17)5-9(11)16(18)19/h1-6H,(H2,14,17). The predicted octanol–water partition coefficient (Wildman–Crippen LogP) is 2.64. The van der Waals surface area contributed by atoms with Crippen molar-refractivity contribution in [3.63, 3.8) is 0 Å². The average molecular weight is 338 g/mol. The molecule has 1 aromatic heterocycles. The van der Waals surface area contributed by atoms with Gasteiger partial charge < -0.3 is 10.5 Å². The Morgan fingerprint density at radius 1 is 1.35 bits per heavy atom. The van der Waals surface area contributed by atoms with E-state index in [0.717, 1.165) is 6.07 Å². The van der Waals surface area contributed by atoms with Crippen molar-refractivity contribution in [3.05, 3.63) is 56.8 Å². The lowest BCUT2D eigenvalue weighted by molar-refractivity contribution is -0.385. The van der Waals surface area contributed by atoms with Gasteiger partial charge in [0.2, 0.25) is 11.7 Å². The average Bonchev–Trinajstić information content (AvgIpc) is 2.41. The molecule has 0 saturated heterocycles. The Hall–Kier alpha value is -2.48. The molecule has 0 aliphatic carbocycles. The maximum absolute atomic E-state index is 11.0. The Morgan fingerprint density at radius 3 is 2.70 bits per heavy atom. The molecule has 102 valence electrons. The van der Waals surface area contributed by atoms with E-state index < -0.39 is 10.8 Å². The monoisotopic (exact) mass is 337 g/mol. The van der Waals surface area contributed by atoms with Gasteiger partial charge >= 0.3 is 5.69 Å². The summed E-state index contributed by atoms with van der Waals surface area (Å²) in [7, 11) is 0. The number of hydrogen-bond acceptors (Lipinski definition) is 5. The fraction of sp³-hybridized carbons (Fsp3) is 0. The van der Waals surface area contributed by atoms with Crippen LogP contribution in [-0.2, 0) is 0 Å². The summed E-state index contributed by atoms with van der Waals surface area (Å²) in [5, 5.41) is 11.0. The molecule has 0 spiro atoms. The van der Waals surface area contributed by atoms with Gasteiger partial charge in [-0.1, -0.05) is 0 Å². The number of nitro benzene ring substituents is 1. The third-order valence-corrected chi connectivity index (χ3v) is 2.99. The number of carbonyl (C=O) groups excluding carboxylic acids is 1. The van der Waals surface area contributed by atoms with Crippen molar-refractivity contribution in [2.75, 3.05) is 0 Å². The number of ether oxygens (including phenoxy) is 1. The second kappa shape index (κ2) is 5.66. The van der Waals surface area contributed by atoms with Crippen LogP contribution in [0.3, 0.4) is 0 Å². The molecule has 8 heteroatoms. The number of benzene rings is 1. The van der Waals surface area contributed by atoms with E-state index in [-0.39, 0.29) is 17.0 Å². The van der Waals surface area contributed by atoms with Crippen LogP contribution in [-0.4, -0.2) is 15.8 Å². The molecule has 0 radical (unpaired) electrons. The molecule has 1 aromatic carbocycles. The molecule has 7 nitrogen and oxygen atoms in total. The van der Waals surface area contributed by atoms with Gasteiger partial charge in [-0.25, -0.2) is 0 Å². The Labute approximate surface area is 121 Å². The highest BCUT2D eigenvalue weighted by atomic mass is 79.9. The first-order valence-electron chi connectivity index (χ1n) is 5.34. The normalized spacial score (nSPS) is 10.1. The highest BCUT2D eigenvalue weighted by Gasteiger charge is 2.19. The number of aromatic nitrogens is 1.